The number of aromatic amines is 1. The molecule has 1 amide bonds. The van der Waals surface area contributed by atoms with E-state index in [1.54, 1.807) is 17.0 Å². The van der Waals surface area contributed by atoms with Crippen molar-refractivity contribution in [3.63, 3.8) is 0 Å². The van der Waals surface area contributed by atoms with Crippen molar-refractivity contribution in [3.8, 4) is 23.2 Å². The standard InChI is InChI=1S/C18H20ClN7O2/c19-14-8-11(17-22-24-25-23-17)3-6-16(14)28-10-12-4-5-15(21-12)18(27)26-7-1-2-13(26)9-20/h3,6,8,12-13,15,21H,1-2,4-5,7,10H2,(H,22,23,24,25)/t12-,13+,15+/m1/s1. The van der Waals surface area contributed by atoms with Crippen LogP contribution in [0.25, 0.3) is 11.4 Å². The van der Waals surface area contributed by atoms with Gasteiger partial charge in [-0.1, -0.05) is 11.6 Å². The third-order valence-electron chi connectivity index (χ3n) is 5.20. The summed E-state index contributed by atoms with van der Waals surface area (Å²) in [5, 5.41) is 26.8. The molecular formula is C18H20ClN7O2. The summed E-state index contributed by atoms with van der Waals surface area (Å²) in [5.41, 5.74) is 0.744. The largest absolute Gasteiger partial charge is 0.490 e. The number of aromatic nitrogens is 4. The van der Waals surface area contributed by atoms with Crippen LogP contribution in [0.2, 0.25) is 5.02 Å². The van der Waals surface area contributed by atoms with Crippen LogP contribution >= 0.6 is 11.6 Å². The molecule has 0 unspecified atom stereocenters. The second-order valence-corrected chi connectivity index (χ2v) is 7.41. The Morgan fingerprint density at radius 2 is 2.29 bits per heavy atom. The van der Waals surface area contributed by atoms with Crippen molar-refractivity contribution in [1.82, 2.24) is 30.8 Å². The minimum atomic E-state index is -0.291. The maximum absolute atomic E-state index is 12.7. The van der Waals surface area contributed by atoms with Gasteiger partial charge in [0.25, 0.3) is 0 Å². The zero-order valence-electron chi connectivity index (χ0n) is 15.1. The number of halogens is 1. The molecule has 2 N–H and O–H groups in total. The number of rotatable bonds is 5. The first-order chi connectivity index (χ1) is 13.7. The van der Waals surface area contributed by atoms with Gasteiger partial charge in [0.1, 0.15) is 18.4 Å². The van der Waals surface area contributed by atoms with Crippen LogP contribution in [0, 0.1) is 11.3 Å². The summed E-state index contributed by atoms with van der Waals surface area (Å²) in [4.78, 5) is 14.4. The van der Waals surface area contributed by atoms with Gasteiger partial charge in [-0.2, -0.15) is 10.5 Å². The number of tetrazole rings is 1. The van der Waals surface area contributed by atoms with Gasteiger partial charge in [0.2, 0.25) is 11.7 Å². The van der Waals surface area contributed by atoms with Gasteiger partial charge < -0.3 is 9.64 Å². The second-order valence-electron chi connectivity index (χ2n) is 7.00. The molecule has 28 heavy (non-hydrogen) atoms. The fraction of sp³-hybridized carbons (Fsp3) is 0.500. The lowest BCUT2D eigenvalue weighted by Gasteiger charge is -2.24. The highest BCUT2D eigenvalue weighted by Gasteiger charge is 2.37. The van der Waals surface area contributed by atoms with Crippen molar-refractivity contribution in [2.75, 3.05) is 13.2 Å². The zero-order valence-corrected chi connectivity index (χ0v) is 15.9. The Morgan fingerprint density at radius 3 is 3.04 bits per heavy atom. The molecule has 2 aliphatic heterocycles. The van der Waals surface area contributed by atoms with E-state index < -0.39 is 0 Å². The zero-order chi connectivity index (χ0) is 19.5. The molecule has 1 aromatic carbocycles. The fourth-order valence-corrected chi connectivity index (χ4v) is 3.98. The number of likely N-dealkylation sites (tertiary alicyclic amines) is 1. The maximum atomic E-state index is 12.7. The minimum Gasteiger partial charge on any atom is -0.490 e. The number of hydrogen-bond acceptors (Lipinski definition) is 7. The van der Waals surface area contributed by atoms with Crippen LogP contribution in [0.4, 0.5) is 0 Å². The van der Waals surface area contributed by atoms with Crippen LogP contribution in [-0.4, -0.2) is 62.7 Å². The van der Waals surface area contributed by atoms with Crippen molar-refractivity contribution in [2.45, 2.75) is 43.8 Å². The quantitative estimate of drug-likeness (QED) is 0.779. The number of nitrogens with zero attached hydrogens (tertiary/aromatic N) is 5. The van der Waals surface area contributed by atoms with Crippen molar-refractivity contribution in [1.29, 1.82) is 5.26 Å². The number of benzene rings is 1. The van der Waals surface area contributed by atoms with E-state index in [9.17, 15) is 10.1 Å². The molecule has 0 aliphatic carbocycles. The van der Waals surface area contributed by atoms with Crippen LogP contribution in [0.5, 0.6) is 5.75 Å². The predicted molar refractivity (Wildman–Crippen MR) is 100 cm³/mol. The monoisotopic (exact) mass is 401 g/mol. The third kappa shape index (κ3) is 3.79. The molecule has 1 aromatic heterocycles. The van der Waals surface area contributed by atoms with Gasteiger partial charge in [0.05, 0.1) is 17.1 Å². The van der Waals surface area contributed by atoms with E-state index in [1.807, 2.05) is 6.07 Å². The Balaban J connectivity index is 1.31. The van der Waals surface area contributed by atoms with Gasteiger partial charge in [-0.3, -0.25) is 10.1 Å². The highest BCUT2D eigenvalue weighted by atomic mass is 35.5. The Hall–Kier alpha value is -2.70. The molecule has 0 saturated carbocycles. The average Bonchev–Trinajstić information content (AvgIpc) is 3.47. The highest BCUT2D eigenvalue weighted by Crippen LogP contribution is 2.29. The number of carbonyl (C=O) groups excluding carboxylic acids is 1. The number of carbonyl (C=O) groups is 1. The Morgan fingerprint density at radius 1 is 1.39 bits per heavy atom. The van der Waals surface area contributed by atoms with E-state index in [2.05, 4.69) is 32.0 Å². The summed E-state index contributed by atoms with van der Waals surface area (Å²) in [5.74, 6) is 1.05. The van der Waals surface area contributed by atoms with Gasteiger partial charge in [-0.25, -0.2) is 0 Å². The summed E-state index contributed by atoms with van der Waals surface area (Å²) in [6.07, 6.45) is 3.23. The van der Waals surface area contributed by atoms with Crippen molar-refractivity contribution in [3.05, 3.63) is 23.2 Å². The van der Waals surface area contributed by atoms with E-state index in [1.165, 1.54) is 0 Å². The molecule has 9 nitrogen and oxygen atoms in total. The first-order valence-electron chi connectivity index (χ1n) is 9.28. The van der Waals surface area contributed by atoms with Crippen LogP contribution in [0.1, 0.15) is 25.7 Å². The third-order valence-corrected chi connectivity index (χ3v) is 5.49. The molecule has 4 rings (SSSR count). The summed E-state index contributed by atoms with van der Waals surface area (Å²) >= 11 is 6.31. The van der Waals surface area contributed by atoms with Crippen LogP contribution < -0.4 is 10.1 Å². The first-order valence-corrected chi connectivity index (χ1v) is 9.66. The van der Waals surface area contributed by atoms with Crippen molar-refractivity contribution >= 4 is 17.5 Å². The van der Waals surface area contributed by atoms with Gasteiger partial charge >= 0.3 is 0 Å². The molecule has 2 saturated heterocycles. The summed E-state index contributed by atoms with van der Waals surface area (Å²) in [6.45, 7) is 1.07. The number of nitriles is 1. The van der Waals surface area contributed by atoms with Gasteiger partial charge in [0.15, 0.2) is 0 Å². The topological polar surface area (TPSA) is 120 Å². The average molecular weight is 402 g/mol. The summed E-state index contributed by atoms with van der Waals surface area (Å²) in [6, 6.07) is 7.05. The Kier molecular flexibility index (Phi) is 5.41. The predicted octanol–water partition coefficient (Wildman–Crippen LogP) is 1.53. The smallest absolute Gasteiger partial charge is 0.240 e. The molecule has 0 radical (unpaired) electrons. The fourth-order valence-electron chi connectivity index (χ4n) is 3.74. The molecule has 2 aliphatic rings. The molecular weight excluding hydrogens is 382 g/mol. The normalized spacial score (nSPS) is 24.3. The van der Waals surface area contributed by atoms with Gasteiger partial charge in [-0.15, -0.1) is 10.2 Å². The van der Waals surface area contributed by atoms with E-state index >= 15 is 0 Å². The molecule has 146 valence electrons. The molecule has 0 spiro atoms. The van der Waals surface area contributed by atoms with Gasteiger partial charge in [0, 0.05) is 18.2 Å². The van der Waals surface area contributed by atoms with Crippen LogP contribution in [-0.2, 0) is 4.79 Å². The van der Waals surface area contributed by atoms with E-state index in [4.69, 9.17) is 16.3 Å². The summed E-state index contributed by atoms with van der Waals surface area (Å²) in [7, 11) is 0. The number of amides is 1. The first kappa shape index (κ1) is 18.7. The molecule has 2 aromatic rings. The molecule has 0 bridgehead atoms. The van der Waals surface area contributed by atoms with E-state index in [0.717, 1.165) is 31.2 Å². The minimum absolute atomic E-state index is 0.0223. The highest BCUT2D eigenvalue weighted by molar-refractivity contribution is 6.32. The number of nitrogens with one attached hydrogen (secondary N) is 2. The van der Waals surface area contributed by atoms with Crippen molar-refractivity contribution in [2.24, 2.45) is 0 Å². The molecule has 3 atom stereocenters. The van der Waals surface area contributed by atoms with Crippen LogP contribution in [0.15, 0.2) is 18.2 Å². The SMILES string of the molecule is N#C[C@@H]1CCCN1C(=O)[C@@H]1CC[C@H](COc2ccc(-c3nn[nH]n3)cc2Cl)N1. The Labute approximate surface area is 167 Å². The van der Waals surface area contributed by atoms with E-state index in [-0.39, 0.29) is 24.0 Å². The second kappa shape index (κ2) is 8.12. The summed E-state index contributed by atoms with van der Waals surface area (Å²) < 4.78 is 5.85. The number of H-pyrrole nitrogens is 1. The lowest BCUT2D eigenvalue weighted by molar-refractivity contribution is -0.133. The molecule has 2 fully saturated rings. The Bertz CT molecular complexity index is 883. The maximum Gasteiger partial charge on any atom is 0.240 e. The van der Waals surface area contributed by atoms with Gasteiger partial charge in [-0.05, 0) is 49.1 Å². The van der Waals surface area contributed by atoms with E-state index in [0.29, 0.717) is 29.7 Å². The lowest BCUT2D eigenvalue weighted by Crippen LogP contribution is -2.47. The van der Waals surface area contributed by atoms with Crippen LogP contribution in [0.3, 0.4) is 0 Å². The number of hydrogen-bond donors (Lipinski definition) is 2. The lowest BCUT2D eigenvalue weighted by atomic mass is 10.1. The molecule has 10 heteroatoms. The molecule has 3 heterocycles. The van der Waals surface area contributed by atoms with Crippen molar-refractivity contribution < 1.29 is 9.53 Å². The number of ether oxygens (including phenoxy) is 1.